The van der Waals surface area contributed by atoms with Crippen molar-refractivity contribution < 1.29 is 0 Å². The van der Waals surface area contributed by atoms with Crippen LogP contribution in [0.3, 0.4) is 0 Å². The first-order valence-corrected chi connectivity index (χ1v) is 8.50. The van der Waals surface area contributed by atoms with Gasteiger partial charge in [0.25, 0.3) is 0 Å². The molecule has 21 heavy (non-hydrogen) atoms. The Balaban J connectivity index is 0.00000161. The highest BCUT2D eigenvalue weighted by molar-refractivity contribution is 14.0. The van der Waals surface area contributed by atoms with E-state index in [-0.39, 0.29) is 29.4 Å². The molecule has 2 aliphatic rings. The minimum atomic E-state index is 0. The molecule has 2 N–H and O–H groups in total. The number of aromatic nitrogens is 1. The van der Waals surface area contributed by atoms with Gasteiger partial charge >= 0.3 is 0 Å². The number of guanidine groups is 1. The lowest BCUT2D eigenvalue weighted by molar-refractivity contribution is 0.245. The fourth-order valence-corrected chi connectivity index (χ4v) is 3.80. The summed E-state index contributed by atoms with van der Waals surface area (Å²) in [5.74, 6) is 3.02. The Bertz CT molecular complexity index is 470. The summed E-state index contributed by atoms with van der Waals surface area (Å²) in [5.41, 5.74) is 7.47. The summed E-state index contributed by atoms with van der Waals surface area (Å²) in [6.45, 7) is 2.83. The summed E-state index contributed by atoms with van der Waals surface area (Å²) in [5, 5.41) is 0. The highest BCUT2D eigenvalue weighted by Crippen LogP contribution is 2.43. The Morgan fingerprint density at radius 3 is 2.67 bits per heavy atom. The predicted octanol–water partition coefficient (Wildman–Crippen LogP) is 2.48. The van der Waals surface area contributed by atoms with Crippen molar-refractivity contribution in [3.8, 4) is 0 Å². The van der Waals surface area contributed by atoms with Crippen LogP contribution < -0.4 is 5.73 Å². The molecule has 1 saturated heterocycles. The largest absolute Gasteiger partial charge is 0.370 e. The Morgan fingerprint density at radius 2 is 2.10 bits per heavy atom. The van der Waals surface area contributed by atoms with Gasteiger partial charge < -0.3 is 10.6 Å². The molecule has 1 saturated carbocycles. The number of hydrogen-bond donors (Lipinski definition) is 1. The summed E-state index contributed by atoms with van der Waals surface area (Å²) < 4.78 is 0. The zero-order valence-electron chi connectivity index (χ0n) is 12.2. The van der Waals surface area contributed by atoms with Gasteiger partial charge in [-0.2, -0.15) is 11.8 Å². The monoisotopic (exact) mass is 418 g/mol. The van der Waals surface area contributed by atoms with Gasteiger partial charge in [-0.1, -0.05) is 12.5 Å². The maximum atomic E-state index is 6.16. The lowest BCUT2D eigenvalue weighted by Gasteiger charge is -2.40. The second-order valence-corrected chi connectivity index (χ2v) is 6.85. The average molecular weight is 418 g/mol. The molecule has 2 fully saturated rings. The Kier molecular flexibility index (Phi) is 6.16. The normalized spacial score (nSPS) is 21.3. The maximum absolute atomic E-state index is 6.16. The van der Waals surface area contributed by atoms with Gasteiger partial charge in [-0.15, -0.1) is 24.0 Å². The fraction of sp³-hybridized carbons (Fsp3) is 0.600. The highest BCUT2D eigenvalue weighted by Gasteiger charge is 2.39. The second-order valence-electron chi connectivity index (χ2n) is 5.62. The molecule has 0 unspecified atom stereocenters. The number of nitrogens with two attached hydrogens (primary N) is 1. The van der Waals surface area contributed by atoms with E-state index in [9.17, 15) is 0 Å². The van der Waals surface area contributed by atoms with Crippen molar-refractivity contribution in [3.63, 3.8) is 0 Å². The summed E-state index contributed by atoms with van der Waals surface area (Å²) in [7, 11) is 0. The van der Waals surface area contributed by atoms with Crippen LogP contribution in [-0.4, -0.2) is 47.0 Å². The maximum Gasteiger partial charge on any atom is 0.191 e. The summed E-state index contributed by atoms with van der Waals surface area (Å²) in [6.07, 6.45) is 5.50. The summed E-state index contributed by atoms with van der Waals surface area (Å²) >= 11 is 1.99. The van der Waals surface area contributed by atoms with E-state index in [0.717, 1.165) is 31.1 Å². The third-order valence-corrected chi connectivity index (χ3v) is 5.34. The molecule has 1 aliphatic heterocycles. The standard InChI is InChI=1S/C15H22N4S.HI/c16-14(19-8-10-20-11-9-19)18-12-15(5-3-6-15)13-4-1-2-7-17-13;/h1-2,4,7H,3,5-6,8-12H2,(H2,16,18);1H. The van der Waals surface area contributed by atoms with Crippen molar-refractivity contribution in [2.45, 2.75) is 24.7 Å². The zero-order valence-corrected chi connectivity index (χ0v) is 15.3. The van der Waals surface area contributed by atoms with Crippen LogP contribution in [0.2, 0.25) is 0 Å². The van der Waals surface area contributed by atoms with E-state index in [0.29, 0.717) is 5.96 Å². The summed E-state index contributed by atoms with van der Waals surface area (Å²) in [4.78, 5) is 11.4. The summed E-state index contributed by atoms with van der Waals surface area (Å²) in [6, 6.07) is 6.17. The van der Waals surface area contributed by atoms with Crippen molar-refractivity contribution in [2.24, 2.45) is 10.7 Å². The van der Waals surface area contributed by atoms with Gasteiger partial charge in [0.2, 0.25) is 0 Å². The lowest BCUT2D eigenvalue weighted by atomic mass is 9.66. The van der Waals surface area contributed by atoms with Crippen LogP contribution in [0.4, 0.5) is 0 Å². The van der Waals surface area contributed by atoms with E-state index in [1.54, 1.807) is 0 Å². The van der Waals surface area contributed by atoms with Gasteiger partial charge in [-0.25, -0.2) is 0 Å². The number of aliphatic imine (C=N–C) groups is 1. The molecule has 0 atom stereocenters. The zero-order chi connectivity index (χ0) is 13.8. The third kappa shape index (κ3) is 3.83. The third-order valence-electron chi connectivity index (χ3n) is 4.40. The van der Waals surface area contributed by atoms with E-state index >= 15 is 0 Å². The first-order valence-electron chi connectivity index (χ1n) is 7.34. The molecule has 2 heterocycles. The molecule has 1 aromatic heterocycles. The number of nitrogens with zero attached hydrogens (tertiary/aromatic N) is 3. The number of rotatable bonds is 3. The van der Waals surface area contributed by atoms with E-state index in [4.69, 9.17) is 5.73 Å². The molecule has 0 aromatic carbocycles. The number of halogens is 1. The molecular weight excluding hydrogens is 395 g/mol. The molecular formula is C15H23IN4S. The first kappa shape index (κ1) is 16.9. The molecule has 0 spiro atoms. The van der Waals surface area contributed by atoms with E-state index in [1.807, 2.05) is 24.0 Å². The van der Waals surface area contributed by atoms with Crippen LogP contribution in [-0.2, 0) is 5.41 Å². The Morgan fingerprint density at radius 1 is 1.33 bits per heavy atom. The van der Waals surface area contributed by atoms with Crippen molar-refractivity contribution >= 4 is 41.7 Å². The quantitative estimate of drug-likeness (QED) is 0.466. The minimum absolute atomic E-state index is 0. The molecule has 4 nitrogen and oxygen atoms in total. The average Bonchev–Trinajstić information content (AvgIpc) is 2.48. The van der Waals surface area contributed by atoms with Gasteiger partial charge in [0.15, 0.2) is 5.96 Å². The number of pyridine rings is 1. The van der Waals surface area contributed by atoms with Crippen LogP contribution >= 0.6 is 35.7 Å². The van der Waals surface area contributed by atoms with Crippen molar-refractivity contribution in [3.05, 3.63) is 30.1 Å². The molecule has 3 rings (SSSR count). The highest BCUT2D eigenvalue weighted by atomic mass is 127. The molecule has 6 heteroatoms. The van der Waals surface area contributed by atoms with E-state index in [1.165, 1.54) is 25.0 Å². The first-order chi connectivity index (χ1) is 9.80. The van der Waals surface area contributed by atoms with Crippen molar-refractivity contribution in [2.75, 3.05) is 31.1 Å². The van der Waals surface area contributed by atoms with Crippen molar-refractivity contribution in [1.82, 2.24) is 9.88 Å². The van der Waals surface area contributed by atoms with Gasteiger partial charge in [-0.3, -0.25) is 9.98 Å². The Labute approximate surface area is 148 Å². The molecule has 0 amide bonds. The number of hydrogen-bond acceptors (Lipinski definition) is 3. The van der Waals surface area contributed by atoms with Gasteiger partial charge in [0, 0.05) is 41.9 Å². The van der Waals surface area contributed by atoms with Crippen LogP contribution in [0.5, 0.6) is 0 Å². The smallest absolute Gasteiger partial charge is 0.191 e. The van der Waals surface area contributed by atoms with Gasteiger partial charge in [0.1, 0.15) is 0 Å². The minimum Gasteiger partial charge on any atom is -0.370 e. The second kappa shape index (κ2) is 7.67. The van der Waals surface area contributed by atoms with Crippen molar-refractivity contribution in [1.29, 1.82) is 0 Å². The topological polar surface area (TPSA) is 54.5 Å². The number of thioether (sulfide) groups is 1. The molecule has 1 aromatic rings. The molecule has 116 valence electrons. The lowest BCUT2D eigenvalue weighted by Crippen LogP contribution is -2.44. The predicted molar refractivity (Wildman–Crippen MR) is 101 cm³/mol. The van der Waals surface area contributed by atoms with E-state index < -0.39 is 0 Å². The Hall–Kier alpha value is -0.500. The SMILES string of the molecule is I.NC(=NCC1(c2ccccn2)CCC1)N1CCSCC1. The molecule has 0 bridgehead atoms. The van der Waals surface area contributed by atoms with E-state index in [2.05, 4.69) is 27.0 Å². The van der Waals surface area contributed by atoms with Gasteiger partial charge in [-0.05, 0) is 25.0 Å². The van der Waals surface area contributed by atoms with Crippen LogP contribution in [0, 0.1) is 0 Å². The molecule has 0 radical (unpaired) electrons. The fourth-order valence-electron chi connectivity index (χ4n) is 2.90. The van der Waals surface area contributed by atoms with Crippen LogP contribution in [0.25, 0.3) is 0 Å². The molecule has 1 aliphatic carbocycles. The van der Waals surface area contributed by atoms with Crippen LogP contribution in [0.15, 0.2) is 29.4 Å². The van der Waals surface area contributed by atoms with Crippen LogP contribution in [0.1, 0.15) is 25.0 Å². The van der Waals surface area contributed by atoms with Gasteiger partial charge in [0.05, 0.1) is 6.54 Å².